The summed E-state index contributed by atoms with van der Waals surface area (Å²) in [7, 11) is 3.29. The Balaban J connectivity index is 2.07. The fourth-order valence-electron chi connectivity index (χ4n) is 3.26. The number of hydrogen-bond acceptors (Lipinski definition) is 4. The van der Waals surface area contributed by atoms with E-state index in [9.17, 15) is 0 Å². The van der Waals surface area contributed by atoms with Gasteiger partial charge >= 0.3 is 0 Å². The predicted octanol–water partition coefficient (Wildman–Crippen LogP) is 4.08. The van der Waals surface area contributed by atoms with Crippen LogP contribution in [-0.2, 0) is 5.41 Å². The molecule has 0 bridgehead atoms. The van der Waals surface area contributed by atoms with E-state index in [4.69, 9.17) is 19.2 Å². The Morgan fingerprint density at radius 2 is 1.78 bits per heavy atom. The fraction of sp³-hybridized carbons (Fsp3) is 0.316. The quantitative estimate of drug-likeness (QED) is 0.669. The van der Waals surface area contributed by atoms with Crippen molar-refractivity contribution in [3.63, 3.8) is 0 Å². The maximum absolute atomic E-state index is 5.98. The lowest BCUT2D eigenvalue weighted by atomic mass is 9.87. The predicted molar refractivity (Wildman–Crippen MR) is 90.9 cm³/mol. The summed E-state index contributed by atoms with van der Waals surface area (Å²) >= 11 is 0. The van der Waals surface area contributed by atoms with E-state index in [1.54, 1.807) is 14.2 Å². The zero-order chi connectivity index (χ0) is 16.2. The van der Waals surface area contributed by atoms with Crippen molar-refractivity contribution in [2.45, 2.75) is 19.3 Å². The molecule has 2 aromatic carbocycles. The number of rotatable bonds is 2. The Morgan fingerprint density at radius 3 is 2.52 bits per heavy atom. The van der Waals surface area contributed by atoms with Crippen molar-refractivity contribution in [1.82, 2.24) is 4.98 Å². The van der Waals surface area contributed by atoms with Crippen LogP contribution in [0.15, 0.2) is 30.5 Å². The molecule has 1 aliphatic heterocycles. The third kappa shape index (κ3) is 1.94. The van der Waals surface area contributed by atoms with E-state index in [1.165, 1.54) is 5.56 Å². The fourth-order valence-corrected chi connectivity index (χ4v) is 3.26. The summed E-state index contributed by atoms with van der Waals surface area (Å²) in [5.74, 6) is 2.38. The average molecular weight is 309 g/mol. The highest BCUT2D eigenvalue weighted by molar-refractivity contribution is 6.08. The largest absolute Gasteiger partial charge is 0.493 e. The molecular formula is C19H19NO3. The molecule has 0 fully saturated rings. The topological polar surface area (TPSA) is 40.6 Å². The van der Waals surface area contributed by atoms with E-state index in [0.29, 0.717) is 12.4 Å². The highest BCUT2D eigenvalue weighted by Crippen LogP contribution is 2.44. The van der Waals surface area contributed by atoms with Crippen LogP contribution < -0.4 is 14.2 Å². The molecule has 4 rings (SSSR count). The molecule has 0 saturated carbocycles. The molecule has 0 aliphatic carbocycles. The number of fused-ring (bicyclic) bond motifs is 5. The lowest BCUT2D eigenvalue weighted by Gasteiger charge is -2.15. The van der Waals surface area contributed by atoms with Gasteiger partial charge in [-0.3, -0.25) is 4.98 Å². The Hall–Kier alpha value is -2.49. The molecule has 0 amide bonds. The lowest BCUT2D eigenvalue weighted by molar-refractivity contribution is 0.293. The normalized spacial score (nSPS) is 15.5. The minimum absolute atomic E-state index is 0.00305. The molecule has 0 atom stereocenters. The molecular weight excluding hydrogens is 290 g/mol. The van der Waals surface area contributed by atoms with E-state index in [0.717, 1.165) is 33.2 Å². The van der Waals surface area contributed by atoms with Crippen LogP contribution in [-0.4, -0.2) is 25.8 Å². The maximum atomic E-state index is 5.98. The maximum Gasteiger partial charge on any atom is 0.161 e. The molecule has 1 aliphatic rings. The van der Waals surface area contributed by atoms with Crippen molar-refractivity contribution in [2.24, 2.45) is 0 Å². The van der Waals surface area contributed by atoms with E-state index in [1.807, 2.05) is 18.3 Å². The van der Waals surface area contributed by atoms with Crippen LogP contribution in [0.2, 0.25) is 0 Å². The van der Waals surface area contributed by atoms with Crippen LogP contribution in [0.4, 0.5) is 0 Å². The summed E-state index contributed by atoms with van der Waals surface area (Å²) in [6, 6.07) is 8.12. The summed E-state index contributed by atoms with van der Waals surface area (Å²) in [5.41, 5.74) is 2.10. The van der Waals surface area contributed by atoms with Gasteiger partial charge in [0.25, 0.3) is 0 Å². The first kappa shape index (κ1) is 14.1. The van der Waals surface area contributed by atoms with E-state index >= 15 is 0 Å². The lowest BCUT2D eigenvalue weighted by Crippen LogP contribution is -2.18. The Bertz CT molecular complexity index is 931. The van der Waals surface area contributed by atoms with Crippen LogP contribution in [0.1, 0.15) is 19.4 Å². The van der Waals surface area contributed by atoms with Gasteiger partial charge < -0.3 is 14.2 Å². The van der Waals surface area contributed by atoms with Crippen molar-refractivity contribution in [3.8, 4) is 17.2 Å². The van der Waals surface area contributed by atoms with E-state index < -0.39 is 0 Å². The van der Waals surface area contributed by atoms with Gasteiger partial charge in [0.05, 0.1) is 26.3 Å². The molecule has 0 N–H and O–H groups in total. The Labute approximate surface area is 135 Å². The second-order valence-electron chi connectivity index (χ2n) is 6.56. The summed E-state index contributed by atoms with van der Waals surface area (Å²) in [6.45, 7) is 5.05. The molecule has 0 unspecified atom stereocenters. The molecule has 0 spiro atoms. The third-order valence-corrected chi connectivity index (χ3v) is 4.61. The zero-order valence-corrected chi connectivity index (χ0v) is 13.8. The number of ether oxygens (including phenoxy) is 3. The van der Waals surface area contributed by atoms with Crippen molar-refractivity contribution in [2.75, 3.05) is 20.8 Å². The van der Waals surface area contributed by atoms with Crippen molar-refractivity contribution in [3.05, 3.63) is 36.0 Å². The standard InChI is InChI=1S/C19H19NO3/c1-19(2)10-23-18-12-6-5-11-7-15(21-3)16(22-4)8-13(11)17(12)20-9-14(18)19/h5-9H,10H2,1-4H3. The SMILES string of the molecule is COc1cc2ccc3c4c(cnc3c2cc1OC)C(C)(C)CO4. The van der Waals surface area contributed by atoms with Crippen LogP contribution in [0.3, 0.4) is 0 Å². The van der Waals surface area contributed by atoms with Crippen molar-refractivity contribution < 1.29 is 14.2 Å². The smallest absolute Gasteiger partial charge is 0.161 e. The first-order chi connectivity index (χ1) is 11.0. The molecule has 23 heavy (non-hydrogen) atoms. The number of nitrogens with zero attached hydrogens (tertiary/aromatic N) is 1. The molecule has 1 aromatic heterocycles. The van der Waals surface area contributed by atoms with Gasteiger partial charge in [0.1, 0.15) is 5.75 Å². The second-order valence-corrected chi connectivity index (χ2v) is 6.56. The second kappa shape index (κ2) is 4.75. The molecule has 2 heterocycles. The number of hydrogen-bond donors (Lipinski definition) is 0. The van der Waals surface area contributed by atoms with Crippen LogP contribution in [0.5, 0.6) is 17.2 Å². The van der Waals surface area contributed by atoms with Gasteiger partial charge in [0.2, 0.25) is 0 Å². The number of pyridine rings is 1. The summed E-state index contributed by atoms with van der Waals surface area (Å²) in [5, 5.41) is 3.16. The third-order valence-electron chi connectivity index (χ3n) is 4.61. The Kier molecular flexibility index (Phi) is 2.92. The summed E-state index contributed by atoms with van der Waals surface area (Å²) < 4.78 is 16.8. The number of methoxy groups -OCH3 is 2. The van der Waals surface area contributed by atoms with Gasteiger partial charge in [0.15, 0.2) is 11.5 Å². The highest BCUT2D eigenvalue weighted by atomic mass is 16.5. The molecule has 0 saturated heterocycles. The number of aromatic nitrogens is 1. The molecule has 4 heteroatoms. The molecule has 0 radical (unpaired) electrons. The van der Waals surface area contributed by atoms with Crippen LogP contribution >= 0.6 is 0 Å². The zero-order valence-electron chi connectivity index (χ0n) is 13.8. The van der Waals surface area contributed by atoms with Gasteiger partial charge in [-0.05, 0) is 23.6 Å². The van der Waals surface area contributed by atoms with Crippen molar-refractivity contribution in [1.29, 1.82) is 0 Å². The van der Waals surface area contributed by atoms with Crippen molar-refractivity contribution >= 4 is 21.7 Å². The van der Waals surface area contributed by atoms with Gasteiger partial charge in [-0.25, -0.2) is 0 Å². The minimum atomic E-state index is 0.00305. The van der Waals surface area contributed by atoms with Gasteiger partial charge in [-0.15, -0.1) is 0 Å². The Morgan fingerprint density at radius 1 is 1.04 bits per heavy atom. The van der Waals surface area contributed by atoms with Gasteiger partial charge in [0, 0.05) is 27.9 Å². The monoisotopic (exact) mass is 309 g/mol. The molecule has 3 aromatic rings. The van der Waals surface area contributed by atoms with Gasteiger partial charge in [-0.2, -0.15) is 0 Å². The summed E-state index contributed by atoms with van der Waals surface area (Å²) in [4.78, 5) is 4.73. The van der Waals surface area contributed by atoms with E-state index in [2.05, 4.69) is 26.0 Å². The number of benzene rings is 2. The highest BCUT2D eigenvalue weighted by Gasteiger charge is 2.33. The van der Waals surface area contributed by atoms with E-state index in [-0.39, 0.29) is 5.41 Å². The first-order valence-corrected chi connectivity index (χ1v) is 7.66. The minimum Gasteiger partial charge on any atom is -0.493 e. The van der Waals surface area contributed by atoms with Gasteiger partial charge in [-0.1, -0.05) is 19.9 Å². The van der Waals surface area contributed by atoms with Crippen LogP contribution in [0, 0.1) is 0 Å². The van der Waals surface area contributed by atoms with Crippen LogP contribution in [0.25, 0.3) is 21.7 Å². The first-order valence-electron chi connectivity index (χ1n) is 7.66. The average Bonchev–Trinajstić information content (AvgIpc) is 2.88. The molecule has 4 nitrogen and oxygen atoms in total. The molecule has 118 valence electrons. The summed E-state index contributed by atoms with van der Waals surface area (Å²) in [6.07, 6.45) is 1.95.